The second kappa shape index (κ2) is 9.61. The van der Waals surface area contributed by atoms with E-state index in [9.17, 15) is 19.2 Å². The third-order valence-corrected chi connectivity index (χ3v) is 5.43. The van der Waals surface area contributed by atoms with Crippen LogP contribution in [0, 0.1) is 0 Å². The van der Waals surface area contributed by atoms with Crippen LogP contribution in [0.1, 0.15) is 25.3 Å². The Bertz CT molecular complexity index is 987. The molecule has 0 saturated carbocycles. The fourth-order valence-electron chi connectivity index (χ4n) is 3.84. The first-order chi connectivity index (χ1) is 14.8. The number of hydrogen-bond donors (Lipinski definition) is 5. The van der Waals surface area contributed by atoms with Crippen molar-refractivity contribution in [2.45, 2.75) is 44.3 Å². The Morgan fingerprint density at radius 3 is 2.77 bits per heavy atom. The summed E-state index contributed by atoms with van der Waals surface area (Å²) < 4.78 is 0. The lowest BCUT2D eigenvalue weighted by atomic mass is 10.0. The molecule has 3 atom stereocenters. The van der Waals surface area contributed by atoms with Crippen molar-refractivity contribution in [1.82, 2.24) is 20.5 Å². The van der Waals surface area contributed by atoms with Crippen LogP contribution in [-0.4, -0.2) is 69.9 Å². The van der Waals surface area contributed by atoms with Gasteiger partial charge in [-0.15, -0.1) is 0 Å². The number of likely N-dealkylation sites (tertiary alicyclic amines) is 1. The molecule has 166 valence electrons. The highest BCUT2D eigenvalue weighted by molar-refractivity contribution is 5.94. The molecule has 1 aliphatic rings. The van der Waals surface area contributed by atoms with Crippen molar-refractivity contribution in [3.8, 4) is 0 Å². The lowest BCUT2D eigenvalue weighted by Crippen LogP contribution is -2.55. The van der Waals surface area contributed by atoms with Crippen LogP contribution in [0.15, 0.2) is 30.5 Å². The van der Waals surface area contributed by atoms with E-state index in [4.69, 9.17) is 10.8 Å². The van der Waals surface area contributed by atoms with Crippen LogP contribution in [0.5, 0.6) is 0 Å². The number of fused-ring (bicyclic) bond motifs is 1. The van der Waals surface area contributed by atoms with Crippen LogP contribution in [-0.2, 0) is 25.6 Å². The average molecular weight is 429 g/mol. The van der Waals surface area contributed by atoms with Gasteiger partial charge in [-0.25, -0.2) is 0 Å². The van der Waals surface area contributed by atoms with Gasteiger partial charge < -0.3 is 31.4 Å². The maximum atomic E-state index is 12.8. The highest BCUT2D eigenvalue weighted by Crippen LogP contribution is 2.20. The summed E-state index contributed by atoms with van der Waals surface area (Å²) in [7, 11) is 0. The number of para-hydroxylation sites is 1. The van der Waals surface area contributed by atoms with Crippen molar-refractivity contribution in [2.75, 3.05) is 13.1 Å². The summed E-state index contributed by atoms with van der Waals surface area (Å²) in [4.78, 5) is 52.8. The predicted octanol–water partition coefficient (Wildman–Crippen LogP) is -0.266. The van der Waals surface area contributed by atoms with E-state index in [0.717, 1.165) is 16.5 Å². The lowest BCUT2D eigenvalue weighted by Gasteiger charge is -2.27. The number of nitrogens with zero attached hydrogens (tertiary/aromatic N) is 1. The van der Waals surface area contributed by atoms with Crippen LogP contribution < -0.4 is 16.4 Å². The maximum absolute atomic E-state index is 12.8. The first-order valence-corrected chi connectivity index (χ1v) is 10.2. The molecule has 10 nitrogen and oxygen atoms in total. The van der Waals surface area contributed by atoms with Gasteiger partial charge in [-0.1, -0.05) is 18.2 Å². The summed E-state index contributed by atoms with van der Waals surface area (Å²) in [5, 5.41) is 14.6. The lowest BCUT2D eigenvalue weighted by molar-refractivity contribution is -0.142. The second-order valence-corrected chi connectivity index (χ2v) is 7.70. The van der Waals surface area contributed by atoms with Crippen LogP contribution in [0.3, 0.4) is 0 Å². The fourth-order valence-corrected chi connectivity index (χ4v) is 3.84. The number of aromatic nitrogens is 1. The SMILES string of the molecule is CC(NC(=O)C(N)Cc1c[nH]c2ccccc12)C(=O)N1CCCC1C(=O)NCC(=O)O. The molecule has 3 amide bonds. The topological polar surface area (TPSA) is 158 Å². The zero-order valence-electron chi connectivity index (χ0n) is 17.3. The number of amides is 3. The molecule has 31 heavy (non-hydrogen) atoms. The Morgan fingerprint density at radius 2 is 2.03 bits per heavy atom. The predicted molar refractivity (Wildman–Crippen MR) is 113 cm³/mol. The molecule has 1 aromatic heterocycles. The van der Waals surface area contributed by atoms with Gasteiger partial charge in [0.25, 0.3) is 0 Å². The molecule has 0 aliphatic carbocycles. The Kier molecular flexibility index (Phi) is 6.91. The second-order valence-electron chi connectivity index (χ2n) is 7.70. The minimum atomic E-state index is -1.16. The Morgan fingerprint density at radius 1 is 1.29 bits per heavy atom. The molecule has 2 aromatic rings. The van der Waals surface area contributed by atoms with Crippen molar-refractivity contribution in [3.63, 3.8) is 0 Å². The summed E-state index contributed by atoms with van der Waals surface area (Å²) >= 11 is 0. The number of carboxylic acids is 1. The summed E-state index contributed by atoms with van der Waals surface area (Å²) in [6.07, 6.45) is 3.19. The molecule has 1 fully saturated rings. The number of H-pyrrole nitrogens is 1. The normalized spacial score (nSPS) is 17.9. The van der Waals surface area contributed by atoms with Crippen LogP contribution in [0.4, 0.5) is 0 Å². The molecule has 1 aliphatic heterocycles. The molecular weight excluding hydrogens is 402 g/mol. The first-order valence-electron chi connectivity index (χ1n) is 10.2. The van der Waals surface area contributed by atoms with Gasteiger partial charge in [0.05, 0.1) is 6.04 Å². The molecule has 1 saturated heterocycles. The van der Waals surface area contributed by atoms with Gasteiger partial charge in [0.1, 0.15) is 18.6 Å². The summed E-state index contributed by atoms with van der Waals surface area (Å²) in [5.74, 6) is -2.53. The van der Waals surface area contributed by atoms with E-state index in [0.29, 0.717) is 25.8 Å². The highest BCUT2D eigenvalue weighted by atomic mass is 16.4. The number of aromatic amines is 1. The number of carbonyl (C=O) groups excluding carboxylic acids is 3. The van der Waals surface area contributed by atoms with Gasteiger partial charge in [-0.3, -0.25) is 19.2 Å². The largest absolute Gasteiger partial charge is 0.480 e. The smallest absolute Gasteiger partial charge is 0.322 e. The van der Waals surface area contributed by atoms with Crippen LogP contribution in [0.25, 0.3) is 10.9 Å². The number of nitrogens with one attached hydrogen (secondary N) is 3. The van der Waals surface area contributed by atoms with Crippen molar-refractivity contribution < 1.29 is 24.3 Å². The highest BCUT2D eigenvalue weighted by Gasteiger charge is 2.36. The molecule has 0 radical (unpaired) electrons. The van der Waals surface area contributed by atoms with E-state index in [1.807, 2.05) is 30.5 Å². The third kappa shape index (κ3) is 5.21. The number of hydrogen-bond acceptors (Lipinski definition) is 5. The number of aliphatic carboxylic acids is 1. The number of carbonyl (C=O) groups is 4. The van der Waals surface area contributed by atoms with Crippen molar-refractivity contribution >= 4 is 34.6 Å². The van der Waals surface area contributed by atoms with Gasteiger partial charge in [0.15, 0.2) is 0 Å². The molecule has 6 N–H and O–H groups in total. The molecule has 10 heteroatoms. The monoisotopic (exact) mass is 429 g/mol. The van der Waals surface area contributed by atoms with Crippen molar-refractivity contribution in [1.29, 1.82) is 0 Å². The molecule has 2 heterocycles. The van der Waals surface area contributed by atoms with Gasteiger partial charge in [0, 0.05) is 23.6 Å². The molecule has 1 aromatic carbocycles. The summed E-state index contributed by atoms with van der Waals surface area (Å²) in [6.45, 7) is 1.40. The Labute approximate surface area is 179 Å². The zero-order chi connectivity index (χ0) is 22.5. The first kappa shape index (κ1) is 22.3. The summed E-state index contributed by atoms with van der Waals surface area (Å²) in [6, 6.07) is 5.25. The van der Waals surface area contributed by atoms with Gasteiger partial charge >= 0.3 is 5.97 Å². The Balaban J connectivity index is 1.57. The fraction of sp³-hybridized carbons (Fsp3) is 0.429. The van der Waals surface area contributed by atoms with Gasteiger partial charge in [-0.05, 0) is 37.8 Å². The van der Waals surface area contributed by atoms with E-state index in [1.54, 1.807) is 6.92 Å². The van der Waals surface area contributed by atoms with Crippen molar-refractivity contribution in [2.24, 2.45) is 5.73 Å². The molecule has 3 unspecified atom stereocenters. The number of nitrogens with two attached hydrogens (primary N) is 1. The quantitative estimate of drug-likeness (QED) is 0.389. The van der Waals surface area contributed by atoms with Crippen molar-refractivity contribution in [3.05, 3.63) is 36.0 Å². The standard InChI is InChI=1S/C21H27N5O5/c1-12(21(31)26-8-4-7-17(26)20(30)24-11-18(27)28)25-19(29)15(22)9-13-10-23-16-6-3-2-5-14(13)16/h2-3,5-6,10,12,15,17,23H,4,7-9,11,22H2,1H3,(H,24,30)(H,25,29)(H,27,28). The third-order valence-electron chi connectivity index (χ3n) is 5.43. The minimum Gasteiger partial charge on any atom is -0.480 e. The molecule has 3 rings (SSSR count). The maximum Gasteiger partial charge on any atom is 0.322 e. The number of carboxylic acid groups (broad SMARTS) is 1. The van der Waals surface area contributed by atoms with Gasteiger partial charge in [-0.2, -0.15) is 0 Å². The average Bonchev–Trinajstić information content (AvgIpc) is 3.39. The Hall–Kier alpha value is -3.40. The van der Waals surface area contributed by atoms with Crippen LogP contribution >= 0.6 is 0 Å². The zero-order valence-corrected chi connectivity index (χ0v) is 17.3. The summed E-state index contributed by atoms with van der Waals surface area (Å²) in [5.41, 5.74) is 7.94. The number of rotatable bonds is 8. The van der Waals surface area contributed by atoms with E-state index in [2.05, 4.69) is 15.6 Å². The molecule has 0 spiro atoms. The van der Waals surface area contributed by atoms with Gasteiger partial charge in [0.2, 0.25) is 17.7 Å². The van der Waals surface area contributed by atoms with E-state index in [1.165, 1.54) is 4.90 Å². The van der Waals surface area contributed by atoms with Crippen LogP contribution in [0.2, 0.25) is 0 Å². The van der Waals surface area contributed by atoms with E-state index >= 15 is 0 Å². The molecule has 0 bridgehead atoms. The molecular formula is C21H27N5O5. The van der Waals surface area contributed by atoms with E-state index < -0.39 is 48.4 Å². The number of benzene rings is 1. The van der Waals surface area contributed by atoms with E-state index in [-0.39, 0.29) is 0 Å². The minimum absolute atomic E-state index is 0.306.